The molecular weight excluding hydrogens is 400 g/mol. The van der Waals surface area contributed by atoms with Gasteiger partial charge in [-0.15, -0.1) is 0 Å². The van der Waals surface area contributed by atoms with Gasteiger partial charge in [0.1, 0.15) is 12.4 Å². The minimum atomic E-state index is -0.112. The molecular formula is C26H28N4O2. The summed E-state index contributed by atoms with van der Waals surface area (Å²) in [6, 6.07) is 13.6. The lowest BCUT2D eigenvalue weighted by molar-refractivity contribution is 0.304. The lowest BCUT2D eigenvalue weighted by Crippen LogP contribution is -2.17. The number of aryl methyl sites for hydroxylation is 2. The van der Waals surface area contributed by atoms with E-state index in [-0.39, 0.29) is 5.56 Å². The molecule has 0 atom stereocenters. The number of rotatable bonds is 4. The Bertz CT molecular complexity index is 1330. The van der Waals surface area contributed by atoms with Crippen LogP contribution in [0.25, 0.3) is 16.6 Å². The van der Waals surface area contributed by atoms with Gasteiger partial charge in [0.15, 0.2) is 0 Å². The molecule has 0 amide bonds. The zero-order valence-electron chi connectivity index (χ0n) is 18.8. The molecule has 0 fully saturated rings. The Labute approximate surface area is 187 Å². The van der Waals surface area contributed by atoms with Crippen LogP contribution in [0, 0.1) is 6.92 Å². The third kappa shape index (κ3) is 3.82. The van der Waals surface area contributed by atoms with E-state index in [0.717, 1.165) is 36.5 Å². The van der Waals surface area contributed by atoms with Gasteiger partial charge < -0.3 is 14.2 Å². The second kappa shape index (κ2) is 8.28. The van der Waals surface area contributed by atoms with Crippen LogP contribution in [0.3, 0.4) is 0 Å². The molecule has 0 spiro atoms. The molecule has 0 saturated heterocycles. The Morgan fingerprint density at radius 1 is 1.09 bits per heavy atom. The van der Waals surface area contributed by atoms with Gasteiger partial charge in [0, 0.05) is 54.4 Å². The Kier molecular flexibility index (Phi) is 5.31. The van der Waals surface area contributed by atoms with Gasteiger partial charge in [0.25, 0.3) is 5.56 Å². The van der Waals surface area contributed by atoms with Crippen LogP contribution in [-0.4, -0.2) is 32.6 Å². The normalized spacial score (nSPS) is 14.3. The molecule has 164 valence electrons. The van der Waals surface area contributed by atoms with E-state index >= 15 is 0 Å². The molecule has 5 rings (SSSR count). The van der Waals surface area contributed by atoms with Crippen LogP contribution in [0.4, 0.5) is 0 Å². The largest absolute Gasteiger partial charge is 0.489 e. The first kappa shape index (κ1) is 20.5. The van der Waals surface area contributed by atoms with Crippen molar-refractivity contribution in [2.75, 3.05) is 13.6 Å². The number of fused-ring (bicyclic) bond motifs is 3. The standard InChI is InChI=1S/C26H28N4O2/c1-18-6-7-19(15-27-18)17-32-21-10-12-30(26(31)14-21)20-8-9-22-23-16-28(2)11-4-5-24(23)29(3)25(22)13-20/h6-10,12-15H,4-5,11,16-17H2,1-3H3. The van der Waals surface area contributed by atoms with Crippen molar-refractivity contribution < 1.29 is 4.74 Å². The zero-order chi connectivity index (χ0) is 22.2. The summed E-state index contributed by atoms with van der Waals surface area (Å²) in [5.41, 5.74) is 6.68. The lowest BCUT2D eigenvalue weighted by Gasteiger charge is -2.13. The van der Waals surface area contributed by atoms with E-state index in [9.17, 15) is 4.79 Å². The summed E-state index contributed by atoms with van der Waals surface area (Å²) in [4.78, 5) is 19.5. The van der Waals surface area contributed by atoms with E-state index in [1.807, 2.05) is 31.2 Å². The molecule has 1 aliphatic heterocycles. The van der Waals surface area contributed by atoms with E-state index in [1.54, 1.807) is 23.0 Å². The lowest BCUT2D eigenvalue weighted by atomic mass is 10.1. The van der Waals surface area contributed by atoms with Gasteiger partial charge in [-0.05, 0) is 63.2 Å². The smallest absolute Gasteiger partial charge is 0.258 e. The minimum absolute atomic E-state index is 0.112. The van der Waals surface area contributed by atoms with Gasteiger partial charge in [-0.1, -0.05) is 12.1 Å². The molecule has 4 heterocycles. The fourth-order valence-corrected chi connectivity index (χ4v) is 4.58. The highest BCUT2D eigenvalue weighted by molar-refractivity contribution is 5.87. The summed E-state index contributed by atoms with van der Waals surface area (Å²) < 4.78 is 9.78. The molecule has 6 heteroatoms. The quantitative estimate of drug-likeness (QED) is 0.493. The van der Waals surface area contributed by atoms with Crippen LogP contribution in [0.1, 0.15) is 28.9 Å². The van der Waals surface area contributed by atoms with Crippen molar-refractivity contribution in [1.82, 2.24) is 19.0 Å². The molecule has 3 aromatic heterocycles. The fraction of sp³-hybridized carbons (Fsp3) is 0.308. The van der Waals surface area contributed by atoms with Gasteiger partial charge >= 0.3 is 0 Å². The molecule has 0 N–H and O–H groups in total. The second-order valence-corrected chi connectivity index (χ2v) is 8.69. The number of nitrogens with zero attached hydrogens (tertiary/aromatic N) is 4. The maximum atomic E-state index is 12.9. The number of aromatic nitrogens is 3. The van der Waals surface area contributed by atoms with Crippen LogP contribution in [-0.2, 0) is 26.6 Å². The topological polar surface area (TPSA) is 52.3 Å². The Morgan fingerprint density at radius 3 is 2.75 bits per heavy atom. The number of pyridine rings is 2. The molecule has 32 heavy (non-hydrogen) atoms. The van der Waals surface area contributed by atoms with Crippen LogP contribution >= 0.6 is 0 Å². The number of hydrogen-bond acceptors (Lipinski definition) is 4. The van der Waals surface area contributed by atoms with Crippen molar-refractivity contribution in [3.63, 3.8) is 0 Å². The molecule has 0 aliphatic carbocycles. The van der Waals surface area contributed by atoms with Crippen molar-refractivity contribution in [3.05, 3.63) is 87.7 Å². The first-order chi connectivity index (χ1) is 15.5. The van der Waals surface area contributed by atoms with Crippen LogP contribution in [0.15, 0.2) is 59.7 Å². The van der Waals surface area contributed by atoms with Gasteiger partial charge in [0.2, 0.25) is 0 Å². The minimum Gasteiger partial charge on any atom is -0.489 e. The maximum Gasteiger partial charge on any atom is 0.258 e. The average Bonchev–Trinajstić information content (AvgIpc) is 2.92. The van der Waals surface area contributed by atoms with E-state index in [4.69, 9.17) is 4.74 Å². The van der Waals surface area contributed by atoms with Crippen molar-refractivity contribution in [1.29, 1.82) is 0 Å². The monoisotopic (exact) mass is 428 g/mol. The van der Waals surface area contributed by atoms with E-state index in [2.05, 4.69) is 40.7 Å². The molecule has 0 unspecified atom stereocenters. The van der Waals surface area contributed by atoms with Crippen LogP contribution in [0.2, 0.25) is 0 Å². The molecule has 0 radical (unpaired) electrons. The van der Waals surface area contributed by atoms with E-state index in [0.29, 0.717) is 12.4 Å². The summed E-state index contributed by atoms with van der Waals surface area (Å²) in [6.07, 6.45) is 5.83. The third-order valence-electron chi connectivity index (χ3n) is 6.35. The first-order valence-electron chi connectivity index (χ1n) is 11.1. The fourth-order valence-electron chi connectivity index (χ4n) is 4.58. The Morgan fingerprint density at radius 2 is 1.97 bits per heavy atom. The SMILES string of the molecule is Cc1ccc(COc2ccn(-c3ccc4c5c(n(C)c4c3)CCCN(C)C5)c(=O)c2)cn1. The highest BCUT2D eigenvalue weighted by atomic mass is 16.5. The van der Waals surface area contributed by atoms with Crippen LogP contribution in [0.5, 0.6) is 5.75 Å². The number of ether oxygens (including phenoxy) is 1. The summed E-state index contributed by atoms with van der Waals surface area (Å²) in [6.45, 7) is 4.42. The Hall–Kier alpha value is -3.38. The van der Waals surface area contributed by atoms with Gasteiger partial charge in [0.05, 0.1) is 11.2 Å². The van der Waals surface area contributed by atoms with Crippen molar-refractivity contribution in [3.8, 4) is 11.4 Å². The molecule has 1 aliphatic rings. The van der Waals surface area contributed by atoms with E-state index in [1.165, 1.54) is 28.6 Å². The van der Waals surface area contributed by atoms with E-state index < -0.39 is 0 Å². The first-order valence-corrected chi connectivity index (χ1v) is 11.1. The van der Waals surface area contributed by atoms with Gasteiger partial charge in [-0.3, -0.25) is 14.3 Å². The maximum absolute atomic E-state index is 12.9. The number of benzene rings is 1. The van der Waals surface area contributed by atoms with Crippen molar-refractivity contribution in [2.24, 2.45) is 7.05 Å². The summed E-state index contributed by atoms with van der Waals surface area (Å²) in [5.74, 6) is 0.557. The van der Waals surface area contributed by atoms with Crippen molar-refractivity contribution >= 4 is 10.9 Å². The summed E-state index contributed by atoms with van der Waals surface area (Å²) >= 11 is 0. The predicted octanol–water partition coefficient (Wildman–Crippen LogP) is 3.99. The van der Waals surface area contributed by atoms with Gasteiger partial charge in [-0.2, -0.15) is 0 Å². The summed E-state index contributed by atoms with van der Waals surface area (Å²) in [7, 11) is 4.32. The average molecular weight is 429 g/mol. The highest BCUT2D eigenvalue weighted by Gasteiger charge is 2.19. The zero-order valence-corrected chi connectivity index (χ0v) is 18.8. The molecule has 6 nitrogen and oxygen atoms in total. The molecule has 0 saturated carbocycles. The van der Waals surface area contributed by atoms with Gasteiger partial charge in [-0.25, -0.2) is 0 Å². The second-order valence-electron chi connectivity index (χ2n) is 8.69. The Balaban J connectivity index is 1.43. The third-order valence-corrected chi connectivity index (χ3v) is 6.35. The number of hydrogen-bond donors (Lipinski definition) is 0. The molecule has 4 aromatic rings. The van der Waals surface area contributed by atoms with Crippen LogP contribution < -0.4 is 10.3 Å². The molecule has 1 aromatic carbocycles. The summed E-state index contributed by atoms with van der Waals surface area (Å²) in [5, 5.41) is 1.28. The highest BCUT2D eigenvalue weighted by Crippen LogP contribution is 2.30. The molecule has 0 bridgehead atoms. The predicted molar refractivity (Wildman–Crippen MR) is 126 cm³/mol. The van der Waals surface area contributed by atoms with Crippen molar-refractivity contribution in [2.45, 2.75) is 32.9 Å².